The van der Waals surface area contributed by atoms with Crippen LogP contribution in [-0.4, -0.2) is 24.0 Å². The minimum absolute atomic E-state index is 0.109. The van der Waals surface area contributed by atoms with Crippen molar-refractivity contribution in [1.29, 1.82) is 0 Å². The summed E-state index contributed by atoms with van der Waals surface area (Å²) in [5.74, 6) is 0.880. The highest BCUT2D eigenvalue weighted by atomic mass is 16.5. The molecular formula is C13H18N2O2. The van der Waals surface area contributed by atoms with E-state index in [0.717, 1.165) is 24.2 Å². The van der Waals surface area contributed by atoms with Crippen molar-refractivity contribution in [2.75, 3.05) is 7.05 Å². The van der Waals surface area contributed by atoms with E-state index < -0.39 is 0 Å². The Bertz CT molecular complexity index is 425. The molecule has 1 saturated carbocycles. The summed E-state index contributed by atoms with van der Waals surface area (Å²) in [5, 5.41) is 2.64. The lowest BCUT2D eigenvalue weighted by molar-refractivity contribution is 0.0960. The Morgan fingerprint density at radius 3 is 2.71 bits per heavy atom. The second-order valence-corrected chi connectivity index (χ2v) is 4.65. The molecule has 1 fully saturated rings. The van der Waals surface area contributed by atoms with Gasteiger partial charge in [0.15, 0.2) is 0 Å². The van der Waals surface area contributed by atoms with Crippen molar-refractivity contribution in [3.05, 3.63) is 23.5 Å². The molecule has 4 nitrogen and oxygen atoms in total. The predicted octanol–water partition coefficient (Wildman–Crippen LogP) is 2.11. The number of amides is 1. The highest BCUT2D eigenvalue weighted by molar-refractivity contribution is 5.96. The second-order valence-electron chi connectivity index (χ2n) is 4.65. The second kappa shape index (κ2) is 4.73. The number of carbonyl (C=O) groups excluding carboxylic acids is 1. The van der Waals surface area contributed by atoms with E-state index in [1.54, 1.807) is 19.4 Å². The zero-order valence-electron chi connectivity index (χ0n) is 10.5. The first-order chi connectivity index (χ1) is 8.13. The Kier molecular flexibility index (Phi) is 3.31. The van der Waals surface area contributed by atoms with Gasteiger partial charge in [0.25, 0.3) is 5.91 Å². The number of carbonyl (C=O) groups is 1. The average molecular weight is 234 g/mol. The number of hydrogen-bond donors (Lipinski definition) is 1. The van der Waals surface area contributed by atoms with Gasteiger partial charge in [-0.1, -0.05) is 13.8 Å². The SMILES string of the molecule is CNC(=O)c1cncc(OC2CC2)c1C(C)C. The quantitative estimate of drug-likeness (QED) is 0.868. The van der Waals surface area contributed by atoms with Crippen molar-refractivity contribution in [3.8, 4) is 5.75 Å². The Balaban J connectivity index is 2.39. The van der Waals surface area contributed by atoms with Crippen LogP contribution in [0.5, 0.6) is 5.75 Å². The Labute approximate surface area is 101 Å². The van der Waals surface area contributed by atoms with Gasteiger partial charge in [0, 0.05) is 18.8 Å². The predicted molar refractivity (Wildman–Crippen MR) is 65.4 cm³/mol. The summed E-state index contributed by atoms with van der Waals surface area (Å²) in [5.41, 5.74) is 1.56. The highest BCUT2D eigenvalue weighted by Crippen LogP contribution is 2.33. The van der Waals surface area contributed by atoms with Gasteiger partial charge in [-0.05, 0) is 18.8 Å². The van der Waals surface area contributed by atoms with Crippen molar-refractivity contribution in [1.82, 2.24) is 10.3 Å². The van der Waals surface area contributed by atoms with Crippen molar-refractivity contribution < 1.29 is 9.53 Å². The molecule has 17 heavy (non-hydrogen) atoms. The third-order valence-electron chi connectivity index (χ3n) is 2.82. The molecule has 0 atom stereocenters. The Morgan fingerprint density at radius 1 is 1.47 bits per heavy atom. The molecule has 1 N–H and O–H groups in total. The van der Waals surface area contributed by atoms with Crippen LogP contribution in [0.1, 0.15) is 48.5 Å². The molecule has 0 spiro atoms. The number of nitrogens with one attached hydrogen (secondary N) is 1. The standard InChI is InChI=1S/C13H18N2O2/c1-8(2)12-10(13(16)14-3)6-15-7-11(12)17-9-4-5-9/h6-9H,4-5H2,1-3H3,(H,14,16). The van der Waals surface area contributed by atoms with Crippen LogP contribution in [0.2, 0.25) is 0 Å². The normalized spacial score (nSPS) is 14.8. The minimum Gasteiger partial charge on any atom is -0.488 e. The lowest BCUT2D eigenvalue weighted by Crippen LogP contribution is -2.21. The maximum Gasteiger partial charge on any atom is 0.253 e. The molecule has 1 aromatic rings. The van der Waals surface area contributed by atoms with E-state index >= 15 is 0 Å². The summed E-state index contributed by atoms with van der Waals surface area (Å²) in [6.45, 7) is 4.11. The van der Waals surface area contributed by atoms with Gasteiger partial charge in [0.1, 0.15) is 5.75 Å². The maximum absolute atomic E-state index is 11.8. The fraction of sp³-hybridized carbons (Fsp3) is 0.538. The van der Waals surface area contributed by atoms with Gasteiger partial charge in [-0.15, -0.1) is 0 Å². The van der Waals surface area contributed by atoms with Gasteiger partial charge in [-0.2, -0.15) is 0 Å². The van der Waals surface area contributed by atoms with Crippen LogP contribution in [0, 0.1) is 0 Å². The zero-order valence-corrected chi connectivity index (χ0v) is 10.5. The molecular weight excluding hydrogens is 216 g/mol. The number of ether oxygens (including phenoxy) is 1. The zero-order chi connectivity index (χ0) is 12.4. The number of aromatic nitrogens is 1. The third kappa shape index (κ3) is 2.57. The maximum atomic E-state index is 11.8. The molecule has 0 bridgehead atoms. The van der Waals surface area contributed by atoms with E-state index in [1.807, 2.05) is 0 Å². The number of hydrogen-bond acceptors (Lipinski definition) is 3. The van der Waals surface area contributed by atoms with E-state index in [1.165, 1.54) is 0 Å². The summed E-state index contributed by atoms with van der Waals surface area (Å²) in [6, 6.07) is 0. The lowest BCUT2D eigenvalue weighted by Gasteiger charge is -2.16. The molecule has 0 radical (unpaired) electrons. The molecule has 0 saturated heterocycles. The van der Waals surface area contributed by atoms with Gasteiger partial charge < -0.3 is 10.1 Å². The molecule has 0 aliphatic heterocycles. The van der Waals surface area contributed by atoms with Gasteiger partial charge >= 0.3 is 0 Å². The molecule has 2 rings (SSSR count). The smallest absolute Gasteiger partial charge is 0.253 e. The summed E-state index contributed by atoms with van der Waals surface area (Å²) >= 11 is 0. The van der Waals surface area contributed by atoms with E-state index in [9.17, 15) is 4.79 Å². The summed E-state index contributed by atoms with van der Waals surface area (Å²) in [6.07, 6.45) is 5.83. The van der Waals surface area contributed by atoms with Gasteiger partial charge in [-0.25, -0.2) is 0 Å². The number of nitrogens with zero attached hydrogens (tertiary/aromatic N) is 1. The average Bonchev–Trinajstić information content (AvgIpc) is 3.11. The van der Waals surface area contributed by atoms with Crippen LogP contribution < -0.4 is 10.1 Å². The molecule has 1 heterocycles. The molecule has 1 amide bonds. The fourth-order valence-electron chi connectivity index (χ4n) is 1.82. The van der Waals surface area contributed by atoms with Gasteiger partial charge in [-0.3, -0.25) is 9.78 Å². The molecule has 1 aromatic heterocycles. The Hall–Kier alpha value is -1.58. The van der Waals surface area contributed by atoms with Crippen LogP contribution in [-0.2, 0) is 0 Å². The summed E-state index contributed by atoms with van der Waals surface area (Å²) < 4.78 is 5.81. The van der Waals surface area contributed by atoms with E-state index in [-0.39, 0.29) is 11.8 Å². The topological polar surface area (TPSA) is 51.2 Å². The summed E-state index contributed by atoms with van der Waals surface area (Å²) in [4.78, 5) is 15.9. The van der Waals surface area contributed by atoms with Gasteiger partial charge in [0.05, 0.1) is 17.9 Å². The molecule has 0 aromatic carbocycles. The van der Waals surface area contributed by atoms with Crippen LogP contribution in [0.3, 0.4) is 0 Å². The first kappa shape index (κ1) is 11.9. The molecule has 4 heteroatoms. The van der Waals surface area contributed by atoms with Crippen molar-refractivity contribution in [2.45, 2.75) is 38.7 Å². The highest BCUT2D eigenvalue weighted by Gasteiger charge is 2.26. The van der Waals surface area contributed by atoms with E-state index in [0.29, 0.717) is 11.7 Å². The lowest BCUT2D eigenvalue weighted by atomic mass is 9.97. The van der Waals surface area contributed by atoms with Crippen LogP contribution >= 0.6 is 0 Å². The van der Waals surface area contributed by atoms with Crippen molar-refractivity contribution >= 4 is 5.91 Å². The van der Waals surface area contributed by atoms with Crippen LogP contribution in [0.25, 0.3) is 0 Å². The van der Waals surface area contributed by atoms with Crippen molar-refractivity contribution in [2.24, 2.45) is 0 Å². The van der Waals surface area contributed by atoms with E-state index in [2.05, 4.69) is 24.1 Å². The fourth-order valence-corrected chi connectivity index (χ4v) is 1.82. The molecule has 1 aliphatic carbocycles. The number of rotatable bonds is 4. The molecule has 0 unspecified atom stereocenters. The molecule has 1 aliphatic rings. The first-order valence-electron chi connectivity index (χ1n) is 6.00. The van der Waals surface area contributed by atoms with Gasteiger partial charge in [0.2, 0.25) is 0 Å². The first-order valence-corrected chi connectivity index (χ1v) is 6.00. The monoisotopic (exact) mass is 234 g/mol. The largest absolute Gasteiger partial charge is 0.488 e. The van der Waals surface area contributed by atoms with Crippen molar-refractivity contribution in [3.63, 3.8) is 0 Å². The van der Waals surface area contributed by atoms with Crippen LogP contribution in [0.4, 0.5) is 0 Å². The minimum atomic E-state index is -0.109. The third-order valence-corrected chi connectivity index (χ3v) is 2.82. The molecule has 92 valence electrons. The van der Waals surface area contributed by atoms with E-state index in [4.69, 9.17) is 4.74 Å². The van der Waals surface area contributed by atoms with Crippen LogP contribution in [0.15, 0.2) is 12.4 Å². The Morgan fingerprint density at radius 2 is 2.18 bits per heavy atom. The number of pyridine rings is 1. The summed E-state index contributed by atoms with van der Waals surface area (Å²) in [7, 11) is 1.63.